The van der Waals surface area contributed by atoms with E-state index in [9.17, 15) is 9.90 Å². The molecule has 1 fully saturated rings. The van der Waals surface area contributed by atoms with E-state index in [4.69, 9.17) is 14.2 Å². The fourth-order valence-corrected chi connectivity index (χ4v) is 2.35. The van der Waals surface area contributed by atoms with Gasteiger partial charge in [-0.3, -0.25) is 4.79 Å². The monoisotopic (exact) mass is 281 g/mol. The zero-order valence-electron chi connectivity index (χ0n) is 11.9. The molecule has 2 rings (SSSR count). The summed E-state index contributed by atoms with van der Waals surface area (Å²) in [4.78, 5) is 13.3. The second-order valence-corrected chi connectivity index (χ2v) is 4.67. The van der Waals surface area contributed by atoms with Crippen molar-refractivity contribution in [3.8, 4) is 17.2 Å². The van der Waals surface area contributed by atoms with E-state index in [-0.39, 0.29) is 12.3 Å². The number of nitrogens with zero attached hydrogens (tertiary/aromatic N) is 1. The molecule has 6 nitrogen and oxygen atoms in total. The molecule has 0 bridgehead atoms. The van der Waals surface area contributed by atoms with Crippen molar-refractivity contribution in [3.05, 3.63) is 17.7 Å². The Morgan fingerprint density at radius 1 is 1.20 bits per heavy atom. The van der Waals surface area contributed by atoms with Crippen LogP contribution in [0, 0.1) is 0 Å². The number of methoxy groups -OCH3 is 3. The summed E-state index contributed by atoms with van der Waals surface area (Å²) in [6.07, 6.45) is -0.394. The third-order valence-electron chi connectivity index (χ3n) is 3.29. The van der Waals surface area contributed by atoms with Crippen molar-refractivity contribution < 1.29 is 24.1 Å². The number of hydrogen-bond acceptors (Lipinski definition) is 5. The molecule has 1 aliphatic rings. The number of rotatable bonds is 5. The summed E-state index contributed by atoms with van der Waals surface area (Å²) < 4.78 is 15.8. The molecule has 1 heterocycles. The maximum absolute atomic E-state index is 11.7. The first-order valence-corrected chi connectivity index (χ1v) is 6.33. The quantitative estimate of drug-likeness (QED) is 0.865. The number of amides is 1. The first-order chi connectivity index (χ1) is 9.58. The average molecular weight is 281 g/mol. The predicted octanol–water partition coefficient (Wildman–Crippen LogP) is 0.806. The lowest BCUT2D eigenvalue weighted by molar-refractivity contribution is -0.128. The number of ether oxygens (including phenoxy) is 3. The lowest BCUT2D eigenvalue weighted by Gasteiger charge is -2.18. The van der Waals surface area contributed by atoms with Gasteiger partial charge in [-0.05, 0) is 17.7 Å². The van der Waals surface area contributed by atoms with Gasteiger partial charge < -0.3 is 24.2 Å². The van der Waals surface area contributed by atoms with E-state index in [1.54, 1.807) is 38.4 Å². The summed E-state index contributed by atoms with van der Waals surface area (Å²) in [6, 6.07) is 3.61. The molecule has 0 aromatic heterocycles. The summed E-state index contributed by atoms with van der Waals surface area (Å²) in [7, 11) is 4.64. The van der Waals surface area contributed by atoms with Gasteiger partial charge in [0.05, 0.1) is 33.9 Å². The molecule has 1 aromatic rings. The van der Waals surface area contributed by atoms with Crippen LogP contribution in [-0.4, -0.2) is 49.9 Å². The standard InChI is InChI=1S/C14H19NO5/c1-18-11-4-9(5-12(19-2)14(11)20-3)7-15-8-10(16)6-13(15)17/h4-5,10,16H,6-8H2,1-3H3. The fourth-order valence-electron chi connectivity index (χ4n) is 2.35. The number of carbonyl (C=O) groups is 1. The van der Waals surface area contributed by atoms with Gasteiger partial charge in [0.2, 0.25) is 11.7 Å². The fraction of sp³-hybridized carbons (Fsp3) is 0.500. The SMILES string of the molecule is COc1cc(CN2CC(O)CC2=O)cc(OC)c1OC. The summed E-state index contributed by atoms with van der Waals surface area (Å²) in [5.74, 6) is 1.57. The van der Waals surface area contributed by atoms with Crippen LogP contribution in [0.15, 0.2) is 12.1 Å². The minimum atomic E-state index is -0.579. The van der Waals surface area contributed by atoms with E-state index < -0.39 is 6.10 Å². The zero-order valence-corrected chi connectivity index (χ0v) is 11.9. The molecule has 20 heavy (non-hydrogen) atoms. The van der Waals surface area contributed by atoms with E-state index >= 15 is 0 Å². The number of hydrogen-bond donors (Lipinski definition) is 1. The molecule has 1 N–H and O–H groups in total. The highest BCUT2D eigenvalue weighted by Gasteiger charge is 2.28. The molecular weight excluding hydrogens is 262 g/mol. The number of benzene rings is 1. The normalized spacial score (nSPS) is 18.3. The predicted molar refractivity (Wildman–Crippen MR) is 72.1 cm³/mol. The Hall–Kier alpha value is -1.95. The van der Waals surface area contributed by atoms with Gasteiger partial charge in [-0.2, -0.15) is 0 Å². The van der Waals surface area contributed by atoms with E-state index in [0.29, 0.717) is 30.3 Å². The Kier molecular flexibility index (Phi) is 4.34. The van der Waals surface area contributed by atoms with Gasteiger partial charge in [-0.25, -0.2) is 0 Å². The minimum Gasteiger partial charge on any atom is -0.493 e. The molecule has 110 valence electrons. The van der Waals surface area contributed by atoms with Gasteiger partial charge in [0.15, 0.2) is 11.5 Å². The molecule has 1 atom stereocenters. The molecule has 6 heteroatoms. The number of carbonyl (C=O) groups excluding carboxylic acids is 1. The van der Waals surface area contributed by atoms with Gasteiger partial charge in [-0.15, -0.1) is 0 Å². The van der Waals surface area contributed by atoms with Crippen LogP contribution in [0.5, 0.6) is 17.2 Å². The summed E-state index contributed by atoms with van der Waals surface area (Å²) >= 11 is 0. The maximum atomic E-state index is 11.7. The molecule has 0 aliphatic carbocycles. The second-order valence-electron chi connectivity index (χ2n) is 4.67. The van der Waals surface area contributed by atoms with Gasteiger partial charge in [0, 0.05) is 13.1 Å². The molecule has 0 radical (unpaired) electrons. The maximum Gasteiger partial charge on any atom is 0.225 e. The smallest absolute Gasteiger partial charge is 0.225 e. The van der Waals surface area contributed by atoms with Crippen LogP contribution in [0.2, 0.25) is 0 Å². The van der Waals surface area contributed by atoms with Crippen molar-refractivity contribution in [3.63, 3.8) is 0 Å². The Balaban J connectivity index is 2.26. The summed E-state index contributed by atoms with van der Waals surface area (Å²) in [6.45, 7) is 0.766. The molecule has 1 saturated heterocycles. The van der Waals surface area contributed by atoms with Crippen LogP contribution in [0.3, 0.4) is 0 Å². The molecular formula is C14H19NO5. The Morgan fingerprint density at radius 2 is 1.80 bits per heavy atom. The minimum absolute atomic E-state index is 0.0498. The Bertz CT molecular complexity index is 477. The third-order valence-corrected chi connectivity index (χ3v) is 3.29. The molecule has 1 aromatic carbocycles. The topological polar surface area (TPSA) is 68.2 Å². The van der Waals surface area contributed by atoms with Crippen LogP contribution < -0.4 is 14.2 Å². The van der Waals surface area contributed by atoms with Crippen molar-refractivity contribution in [2.45, 2.75) is 19.1 Å². The van der Waals surface area contributed by atoms with Gasteiger partial charge >= 0.3 is 0 Å². The molecule has 1 unspecified atom stereocenters. The number of aliphatic hydroxyl groups excluding tert-OH is 1. The van der Waals surface area contributed by atoms with E-state index in [1.165, 1.54) is 0 Å². The average Bonchev–Trinajstić information content (AvgIpc) is 2.75. The highest BCUT2D eigenvalue weighted by atomic mass is 16.5. The van der Waals surface area contributed by atoms with Crippen LogP contribution >= 0.6 is 0 Å². The van der Waals surface area contributed by atoms with Crippen molar-refractivity contribution in [2.24, 2.45) is 0 Å². The highest BCUT2D eigenvalue weighted by molar-refractivity contribution is 5.79. The van der Waals surface area contributed by atoms with Crippen molar-refractivity contribution in [2.75, 3.05) is 27.9 Å². The molecule has 0 spiro atoms. The lowest BCUT2D eigenvalue weighted by atomic mass is 10.1. The summed E-state index contributed by atoms with van der Waals surface area (Å²) in [5, 5.41) is 9.50. The zero-order chi connectivity index (χ0) is 14.7. The Labute approximate surface area is 117 Å². The first kappa shape index (κ1) is 14.5. The van der Waals surface area contributed by atoms with Crippen LogP contribution in [-0.2, 0) is 11.3 Å². The molecule has 0 saturated carbocycles. The van der Waals surface area contributed by atoms with Gasteiger partial charge in [0.25, 0.3) is 0 Å². The van der Waals surface area contributed by atoms with Gasteiger partial charge in [-0.1, -0.05) is 0 Å². The largest absolute Gasteiger partial charge is 0.493 e. The van der Waals surface area contributed by atoms with Gasteiger partial charge in [0.1, 0.15) is 0 Å². The van der Waals surface area contributed by atoms with E-state index in [1.807, 2.05) is 0 Å². The van der Waals surface area contributed by atoms with Crippen molar-refractivity contribution in [1.29, 1.82) is 0 Å². The molecule has 1 amide bonds. The molecule has 1 aliphatic heterocycles. The van der Waals surface area contributed by atoms with Crippen LogP contribution in [0.4, 0.5) is 0 Å². The lowest BCUT2D eigenvalue weighted by Crippen LogP contribution is -2.25. The van der Waals surface area contributed by atoms with Crippen molar-refractivity contribution in [1.82, 2.24) is 4.90 Å². The van der Waals surface area contributed by atoms with Crippen molar-refractivity contribution >= 4 is 5.91 Å². The third kappa shape index (κ3) is 2.80. The number of likely N-dealkylation sites (tertiary alicyclic amines) is 1. The first-order valence-electron chi connectivity index (χ1n) is 6.33. The van der Waals surface area contributed by atoms with E-state index in [0.717, 1.165) is 5.56 Å². The number of β-amino-alcohol motifs (C(OH)–C–C–N with tert-alkyl or cyclic N) is 1. The van der Waals surface area contributed by atoms with Crippen LogP contribution in [0.25, 0.3) is 0 Å². The second kappa shape index (κ2) is 6.00. The highest BCUT2D eigenvalue weighted by Crippen LogP contribution is 2.38. The van der Waals surface area contributed by atoms with Crippen LogP contribution in [0.1, 0.15) is 12.0 Å². The number of aliphatic hydroxyl groups is 1. The Morgan fingerprint density at radius 3 is 2.20 bits per heavy atom. The summed E-state index contributed by atoms with van der Waals surface area (Å²) in [5.41, 5.74) is 0.863. The van der Waals surface area contributed by atoms with E-state index in [2.05, 4.69) is 0 Å².